The van der Waals surface area contributed by atoms with Gasteiger partial charge in [-0.2, -0.15) is 0 Å². The Morgan fingerprint density at radius 3 is 2.88 bits per heavy atom. The van der Waals surface area contributed by atoms with Crippen molar-refractivity contribution in [1.82, 2.24) is 9.71 Å². The number of nitrogens with zero attached hydrogens (tertiary/aromatic N) is 2. The molecule has 0 bridgehead atoms. The summed E-state index contributed by atoms with van der Waals surface area (Å²) in [5, 5.41) is 10.6. The Bertz CT molecular complexity index is 512. The molecule has 8 heteroatoms. The van der Waals surface area contributed by atoms with E-state index in [1.807, 2.05) is 0 Å². The molecule has 1 N–H and O–H groups in total. The Kier molecular flexibility index (Phi) is 3.69. The highest BCUT2D eigenvalue weighted by molar-refractivity contribution is 7.89. The molecule has 1 rings (SSSR count). The fourth-order valence-electron chi connectivity index (χ4n) is 0.975. The monoisotopic (exact) mass is 243 g/mol. The average molecular weight is 243 g/mol. The van der Waals surface area contributed by atoms with Crippen LogP contribution in [-0.4, -0.2) is 24.9 Å². The third kappa shape index (κ3) is 2.61. The summed E-state index contributed by atoms with van der Waals surface area (Å²) in [6, 6.07) is 2.44. The molecule has 0 aliphatic heterocycles. The van der Waals surface area contributed by atoms with E-state index in [1.165, 1.54) is 12.1 Å². The number of nitrogens with one attached hydrogen (secondary N) is 1. The fourth-order valence-corrected chi connectivity index (χ4v) is 2.09. The van der Waals surface area contributed by atoms with Crippen LogP contribution in [0.3, 0.4) is 0 Å². The number of rotatable bonds is 5. The van der Waals surface area contributed by atoms with Gasteiger partial charge in [0.2, 0.25) is 10.0 Å². The fraction of sp³-hybridized carbons (Fsp3) is 0.125. The van der Waals surface area contributed by atoms with Crippen LogP contribution in [0.5, 0.6) is 0 Å². The van der Waals surface area contributed by atoms with Crippen LogP contribution in [0.1, 0.15) is 0 Å². The van der Waals surface area contributed by atoms with Crippen molar-refractivity contribution < 1.29 is 13.3 Å². The zero-order chi connectivity index (χ0) is 12.2. The number of sulfonamides is 1. The lowest BCUT2D eigenvalue weighted by molar-refractivity contribution is -0.392. The lowest BCUT2D eigenvalue weighted by Gasteiger charge is -2.04. The molecule has 0 fully saturated rings. The lowest BCUT2D eigenvalue weighted by atomic mass is 10.5. The number of hydrogen-bond acceptors (Lipinski definition) is 5. The molecular weight excluding hydrogens is 234 g/mol. The van der Waals surface area contributed by atoms with E-state index in [1.54, 1.807) is 0 Å². The predicted octanol–water partition coefficient (Wildman–Crippen LogP) is 0.454. The minimum atomic E-state index is -3.92. The topological polar surface area (TPSA) is 102 Å². The average Bonchev–Trinajstić information content (AvgIpc) is 2.26. The van der Waals surface area contributed by atoms with E-state index in [0.717, 1.165) is 12.3 Å². The van der Waals surface area contributed by atoms with E-state index in [4.69, 9.17) is 0 Å². The second kappa shape index (κ2) is 4.81. The number of aromatic nitrogens is 1. The highest BCUT2D eigenvalue weighted by atomic mass is 32.2. The first-order valence-corrected chi connectivity index (χ1v) is 5.67. The van der Waals surface area contributed by atoms with Crippen molar-refractivity contribution in [3.63, 3.8) is 0 Å². The van der Waals surface area contributed by atoms with Crippen molar-refractivity contribution in [3.05, 3.63) is 41.1 Å². The van der Waals surface area contributed by atoms with Crippen LogP contribution in [0.25, 0.3) is 0 Å². The normalized spacial score (nSPS) is 11.0. The summed E-state index contributed by atoms with van der Waals surface area (Å²) in [6.45, 7) is 3.33. The van der Waals surface area contributed by atoms with E-state index in [0.29, 0.717) is 0 Å². The van der Waals surface area contributed by atoms with Crippen molar-refractivity contribution in [2.75, 3.05) is 6.54 Å². The second-order valence-corrected chi connectivity index (χ2v) is 4.46. The van der Waals surface area contributed by atoms with Crippen LogP contribution in [0.15, 0.2) is 35.9 Å². The Balaban J connectivity index is 3.22. The Morgan fingerprint density at radius 1 is 1.62 bits per heavy atom. The molecule has 0 aliphatic rings. The smallest absolute Gasteiger partial charge is 0.358 e. The summed E-state index contributed by atoms with van der Waals surface area (Å²) < 4.78 is 25.4. The van der Waals surface area contributed by atoms with Crippen LogP contribution >= 0.6 is 0 Å². The van der Waals surface area contributed by atoms with Gasteiger partial charge in [0.05, 0.1) is 0 Å². The van der Waals surface area contributed by atoms with Gasteiger partial charge in [-0.3, -0.25) is 0 Å². The molecule has 0 saturated carbocycles. The maximum Gasteiger partial charge on any atom is 0.383 e. The molecule has 0 amide bonds. The molecule has 0 radical (unpaired) electrons. The quantitative estimate of drug-likeness (QED) is 0.459. The molecule has 0 atom stereocenters. The van der Waals surface area contributed by atoms with Gasteiger partial charge < -0.3 is 10.1 Å². The summed E-state index contributed by atoms with van der Waals surface area (Å²) >= 11 is 0. The molecule has 0 spiro atoms. The van der Waals surface area contributed by atoms with Crippen LogP contribution in [0, 0.1) is 10.1 Å². The Morgan fingerprint density at radius 2 is 2.31 bits per heavy atom. The first-order chi connectivity index (χ1) is 7.49. The van der Waals surface area contributed by atoms with E-state index < -0.39 is 25.7 Å². The Labute approximate surface area is 92.0 Å². The van der Waals surface area contributed by atoms with Gasteiger partial charge in [0.1, 0.15) is 6.20 Å². The number of hydrogen-bond donors (Lipinski definition) is 1. The van der Waals surface area contributed by atoms with E-state index in [9.17, 15) is 18.5 Å². The highest BCUT2D eigenvalue weighted by Crippen LogP contribution is 2.19. The third-order valence-electron chi connectivity index (χ3n) is 1.63. The van der Waals surface area contributed by atoms with Gasteiger partial charge in [-0.05, 0) is 22.0 Å². The SMILES string of the molecule is C=CCNS(=O)(=O)c1cccnc1[N+](=O)[O-]. The first-order valence-electron chi connectivity index (χ1n) is 4.19. The largest absolute Gasteiger partial charge is 0.383 e. The third-order valence-corrected chi connectivity index (χ3v) is 3.08. The van der Waals surface area contributed by atoms with Gasteiger partial charge >= 0.3 is 5.82 Å². The minimum Gasteiger partial charge on any atom is -0.358 e. The van der Waals surface area contributed by atoms with Gasteiger partial charge in [-0.15, -0.1) is 6.58 Å². The lowest BCUT2D eigenvalue weighted by Crippen LogP contribution is -2.24. The molecule has 1 aromatic rings. The molecule has 0 aliphatic carbocycles. The number of pyridine rings is 1. The van der Waals surface area contributed by atoms with Crippen LogP contribution < -0.4 is 4.72 Å². The first kappa shape index (κ1) is 12.3. The van der Waals surface area contributed by atoms with Crippen molar-refractivity contribution in [2.24, 2.45) is 0 Å². The maximum absolute atomic E-state index is 11.6. The molecular formula is C8H9N3O4S. The molecule has 0 unspecified atom stereocenters. The summed E-state index contributed by atoms with van der Waals surface area (Å²) in [7, 11) is -3.92. The van der Waals surface area contributed by atoms with Gasteiger partial charge in [-0.1, -0.05) is 6.08 Å². The van der Waals surface area contributed by atoms with Gasteiger partial charge in [0, 0.05) is 6.54 Å². The van der Waals surface area contributed by atoms with Crippen molar-refractivity contribution >= 4 is 15.8 Å². The van der Waals surface area contributed by atoms with E-state index >= 15 is 0 Å². The zero-order valence-electron chi connectivity index (χ0n) is 8.16. The van der Waals surface area contributed by atoms with Crippen LogP contribution in [0.2, 0.25) is 0 Å². The molecule has 1 heterocycles. The van der Waals surface area contributed by atoms with E-state index in [-0.39, 0.29) is 6.54 Å². The molecule has 7 nitrogen and oxygen atoms in total. The van der Waals surface area contributed by atoms with E-state index in [2.05, 4.69) is 16.3 Å². The predicted molar refractivity (Wildman–Crippen MR) is 56.3 cm³/mol. The summed E-state index contributed by atoms with van der Waals surface area (Å²) in [5.41, 5.74) is 0. The number of nitro groups is 1. The zero-order valence-corrected chi connectivity index (χ0v) is 8.98. The van der Waals surface area contributed by atoms with Crippen molar-refractivity contribution in [1.29, 1.82) is 0 Å². The van der Waals surface area contributed by atoms with Gasteiger partial charge in [0.25, 0.3) is 0 Å². The molecule has 86 valence electrons. The van der Waals surface area contributed by atoms with Crippen molar-refractivity contribution in [3.8, 4) is 0 Å². The molecule has 0 aromatic carbocycles. The van der Waals surface area contributed by atoms with Crippen LogP contribution in [-0.2, 0) is 10.0 Å². The van der Waals surface area contributed by atoms with Crippen molar-refractivity contribution in [2.45, 2.75) is 4.90 Å². The summed E-state index contributed by atoms with van der Waals surface area (Å²) in [5.74, 6) is -0.695. The van der Waals surface area contributed by atoms with Gasteiger partial charge in [-0.25, -0.2) is 13.1 Å². The summed E-state index contributed by atoms with van der Waals surface area (Å²) in [6.07, 6.45) is 2.49. The maximum atomic E-state index is 11.6. The van der Waals surface area contributed by atoms with Gasteiger partial charge in [0.15, 0.2) is 4.90 Å². The Hall–Kier alpha value is -1.80. The second-order valence-electron chi connectivity index (χ2n) is 2.72. The summed E-state index contributed by atoms with van der Waals surface area (Å²) in [4.78, 5) is 12.7. The minimum absolute atomic E-state index is 0.00557. The highest BCUT2D eigenvalue weighted by Gasteiger charge is 2.25. The molecule has 16 heavy (non-hydrogen) atoms. The standard InChI is InChI=1S/C8H9N3O4S/c1-2-5-10-16(14,15)7-4-3-6-9-8(7)11(12)13/h2-4,6,10H,1,5H2. The molecule has 0 saturated heterocycles. The molecule has 1 aromatic heterocycles. The van der Waals surface area contributed by atoms with Crippen LogP contribution in [0.4, 0.5) is 5.82 Å².